The Labute approximate surface area is 221 Å². The first-order chi connectivity index (χ1) is 18.3. The summed E-state index contributed by atoms with van der Waals surface area (Å²) in [6.45, 7) is 1.75. The summed E-state index contributed by atoms with van der Waals surface area (Å²) in [5.74, 6) is -1.37. The highest BCUT2D eigenvalue weighted by atomic mass is 32.2. The predicted molar refractivity (Wildman–Crippen MR) is 142 cm³/mol. The molecule has 3 aromatic rings. The van der Waals surface area contributed by atoms with Crippen LogP contribution < -0.4 is 10.6 Å². The fraction of sp³-hybridized carbons (Fsp3) is 0.370. The Morgan fingerprint density at radius 1 is 1.11 bits per heavy atom. The van der Waals surface area contributed by atoms with Crippen molar-refractivity contribution in [1.82, 2.24) is 24.9 Å². The third-order valence-corrected chi connectivity index (χ3v) is 8.24. The van der Waals surface area contributed by atoms with Gasteiger partial charge < -0.3 is 10.6 Å². The van der Waals surface area contributed by atoms with E-state index in [4.69, 9.17) is 0 Å². The van der Waals surface area contributed by atoms with Gasteiger partial charge in [-0.15, -0.1) is 0 Å². The van der Waals surface area contributed by atoms with Crippen LogP contribution in [0.25, 0.3) is 10.9 Å². The monoisotopic (exact) mass is 537 g/mol. The molecule has 3 heterocycles. The summed E-state index contributed by atoms with van der Waals surface area (Å²) in [4.78, 5) is 47.5. The highest BCUT2D eigenvalue weighted by molar-refractivity contribution is 7.89. The summed E-state index contributed by atoms with van der Waals surface area (Å²) in [5.41, 5.74) is 0.864. The van der Waals surface area contributed by atoms with E-state index < -0.39 is 39.7 Å². The number of para-hydroxylation sites is 1. The minimum atomic E-state index is -3.94. The fourth-order valence-electron chi connectivity index (χ4n) is 4.36. The fourth-order valence-corrected chi connectivity index (χ4v) is 5.74. The average Bonchev–Trinajstić information content (AvgIpc) is 3.12. The first-order valence-corrected chi connectivity index (χ1v) is 14.1. The van der Waals surface area contributed by atoms with Crippen molar-refractivity contribution in [3.05, 3.63) is 66.5 Å². The molecule has 4 rings (SSSR count). The van der Waals surface area contributed by atoms with Crippen LogP contribution in [0.5, 0.6) is 0 Å². The van der Waals surface area contributed by atoms with E-state index in [9.17, 15) is 22.8 Å². The van der Waals surface area contributed by atoms with Gasteiger partial charge >= 0.3 is 0 Å². The number of hydrogen-bond acceptors (Lipinski definition) is 7. The molecule has 2 N–H and O–H groups in total. The van der Waals surface area contributed by atoms with E-state index >= 15 is 0 Å². The van der Waals surface area contributed by atoms with Crippen LogP contribution in [0.3, 0.4) is 0 Å². The van der Waals surface area contributed by atoms with Gasteiger partial charge in [0.05, 0.1) is 18.1 Å². The molecule has 2 atom stereocenters. The van der Waals surface area contributed by atoms with Crippen molar-refractivity contribution >= 4 is 38.5 Å². The van der Waals surface area contributed by atoms with E-state index in [0.717, 1.165) is 16.1 Å². The lowest BCUT2D eigenvalue weighted by Crippen LogP contribution is -2.52. The summed E-state index contributed by atoms with van der Waals surface area (Å²) in [6.07, 6.45) is 3.96. The van der Waals surface area contributed by atoms with Crippen LogP contribution in [0.1, 0.15) is 49.5 Å². The Bertz CT molecular complexity index is 1410. The van der Waals surface area contributed by atoms with E-state index in [2.05, 4.69) is 20.6 Å². The number of carbonyl (C=O) groups is 3. The van der Waals surface area contributed by atoms with Crippen LogP contribution in [0.4, 0.5) is 0 Å². The van der Waals surface area contributed by atoms with Crippen molar-refractivity contribution in [1.29, 1.82) is 0 Å². The summed E-state index contributed by atoms with van der Waals surface area (Å²) in [7, 11) is -3.94. The molecule has 0 spiro atoms. The molecule has 1 saturated heterocycles. The van der Waals surface area contributed by atoms with Gasteiger partial charge in [0.25, 0.3) is 15.9 Å². The van der Waals surface area contributed by atoms with Crippen LogP contribution >= 0.6 is 0 Å². The molecular weight excluding hydrogens is 506 g/mol. The number of benzene rings is 1. The molecule has 0 saturated carbocycles. The zero-order chi connectivity index (χ0) is 27.1. The van der Waals surface area contributed by atoms with Crippen LogP contribution in [0.2, 0.25) is 0 Å². The van der Waals surface area contributed by atoms with Gasteiger partial charge in [0.15, 0.2) is 10.8 Å². The minimum absolute atomic E-state index is 0.125. The normalized spacial score (nSPS) is 17.5. The molecule has 10 nitrogen and oxygen atoms in total. The molecule has 1 aromatic carbocycles. The Morgan fingerprint density at radius 2 is 1.89 bits per heavy atom. The first-order valence-electron chi connectivity index (χ1n) is 12.7. The maximum atomic E-state index is 13.2. The highest BCUT2D eigenvalue weighted by Gasteiger charge is 2.34. The van der Waals surface area contributed by atoms with Crippen LogP contribution in [-0.4, -0.2) is 65.5 Å². The molecule has 0 radical (unpaired) electrons. The lowest BCUT2D eigenvalue weighted by Gasteiger charge is -2.22. The maximum Gasteiger partial charge on any atom is 0.270 e. The smallest absolute Gasteiger partial charge is 0.270 e. The molecule has 2 aromatic heterocycles. The predicted octanol–water partition coefficient (Wildman–Crippen LogP) is 2.46. The molecule has 2 amide bonds. The summed E-state index contributed by atoms with van der Waals surface area (Å²) < 4.78 is 27.0. The minimum Gasteiger partial charge on any atom is -0.344 e. The largest absolute Gasteiger partial charge is 0.344 e. The van der Waals surface area contributed by atoms with E-state index in [1.807, 2.05) is 31.2 Å². The van der Waals surface area contributed by atoms with E-state index in [0.29, 0.717) is 31.2 Å². The standard InChI is InChI=1S/C27H31N5O5S/c1-2-3-10-22(31-27(35)23-15-14-19-9-4-5-11-20(19)29-23)26(34)30-21-12-8-17-32(18-24(21)33)38(36,37)25-13-6-7-16-28-25/h4-7,9,11,13-16,21-22H,2-3,8,10,12,17-18H2,1H3,(H,30,34)(H,31,35)/t21?,22-/m0/s1. The number of unbranched alkanes of at least 4 members (excludes halogenated alkanes) is 1. The quantitative estimate of drug-likeness (QED) is 0.428. The number of carbonyl (C=O) groups excluding carboxylic acids is 3. The second-order valence-electron chi connectivity index (χ2n) is 9.23. The number of pyridine rings is 2. The summed E-state index contributed by atoms with van der Waals surface area (Å²) in [5, 5.41) is 6.30. The molecule has 0 bridgehead atoms. The van der Waals surface area contributed by atoms with Gasteiger partial charge in [-0.2, -0.15) is 4.31 Å². The van der Waals surface area contributed by atoms with Gasteiger partial charge in [0.2, 0.25) is 5.91 Å². The van der Waals surface area contributed by atoms with Crippen molar-refractivity contribution in [2.45, 2.75) is 56.1 Å². The summed E-state index contributed by atoms with van der Waals surface area (Å²) >= 11 is 0. The SMILES string of the molecule is CCCC[C@H](NC(=O)c1ccc2ccccc2n1)C(=O)NC1CCCN(S(=O)(=O)c2ccccn2)CC1=O. The number of fused-ring (bicyclic) bond motifs is 1. The van der Waals surface area contributed by atoms with Crippen LogP contribution in [0, 0.1) is 0 Å². The van der Waals surface area contributed by atoms with E-state index in [1.165, 1.54) is 12.3 Å². The van der Waals surface area contributed by atoms with Gasteiger partial charge in [0.1, 0.15) is 11.7 Å². The number of ketones is 1. The van der Waals surface area contributed by atoms with Crippen molar-refractivity contribution in [2.24, 2.45) is 0 Å². The average molecular weight is 538 g/mol. The Morgan fingerprint density at radius 3 is 2.66 bits per heavy atom. The molecule has 1 unspecified atom stereocenters. The number of nitrogens with zero attached hydrogens (tertiary/aromatic N) is 3. The first kappa shape index (κ1) is 27.3. The van der Waals surface area contributed by atoms with Crippen molar-refractivity contribution in [3.8, 4) is 0 Å². The summed E-state index contributed by atoms with van der Waals surface area (Å²) in [6, 6.07) is 13.7. The zero-order valence-electron chi connectivity index (χ0n) is 21.2. The number of Topliss-reactive ketones (excluding diaryl/α,β-unsaturated/α-hetero) is 1. The topological polar surface area (TPSA) is 138 Å². The second kappa shape index (κ2) is 12.2. The second-order valence-corrected chi connectivity index (χ2v) is 11.1. The number of sulfonamides is 1. The zero-order valence-corrected chi connectivity index (χ0v) is 22.0. The van der Waals surface area contributed by atoms with Gasteiger partial charge in [-0.05, 0) is 43.5 Å². The highest BCUT2D eigenvalue weighted by Crippen LogP contribution is 2.18. The number of rotatable bonds is 9. The van der Waals surface area contributed by atoms with Crippen molar-refractivity contribution < 1.29 is 22.8 Å². The van der Waals surface area contributed by atoms with Crippen molar-refractivity contribution in [3.63, 3.8) is 0 Å². The molecule has 1 aliphatic heterocycles. The molecule has 200 valence electrons. The molecule has 38 heavy (non-hydrogen) atoms. The third kappa shape index (κ3) is 6.40. The number of hydrogen-bond donors (Lipinski definition) is 2. The van der Waals surface area contributed by atoms with E-state index in [1.54, 1.807) is 24.3 Å². The van der Waals surface area contributed by atoms with Crippen molar-refractivity contribution in [2.75, 3.05) is 13.1 Å². The van der Waals surface area contributed by atoms with E-state index in [-0.39, 0.29) is 23.8 Å². The third-order valence-electron chi connectivity index (χ3n) is 6.48. The number of nitrogens with one attached hydrogen (secondary N) is 2. The number of aromatic nitrogens is 2. The molecule has 0 aliphatic carbocycles. The molecular formula is C27H31N5O5S. The lowest BCUT2D eigenvalue weighted by atomic mass is 10.1. The van der Waals surface area contributed by atoms with Crippen LogP contribution in [0.15, 0.2) is 65.8 Å². The Hall–Kier alpha value is -3.70. The Balaban J connectivity index is 1.43. The van der Waals surface area contributed by atoms with Gasteiger partial charge in [0, 0.05) is 18.1 Å². The van der Waals surface area contributed by atoms with Crippen LogP contribution in [-0.2, 0) is 19.6 Å². The molecule has 1 aliphatic rings. The maximum absolute atomic E-state index is 13.2. The molecule has 11 heteroatoms. The molecule has 1 fully saturated rings. The number of amides is 2. The lowest BCUT2D eigenvalue weighted by molar-refractivity contribution is -0.128. The Kier molecular flexibility index (Phi) is 8.80. The van der Waals surface area contributed by atoms with Gasteiger partial charge in [-0.1, -0.05) is 50.1 Å². The van der Waals surface area contributed by atoms with Gasteiger partial charge in [-0.25, -0.2) is 18.4 Å². The van der Waals surface area contributed by atoms with Gasteiger partial charge in [-0.3, -0.25) is 14.4 Å².